The Morgan fingerprint density at radius 2 is 1.89 bits per heavy atom. The number of hydrogen-bond donors (Lipinski definition) is 1. The molecule has 1 aromatic rings. The van der Waals surface area contributed by atoms with E-state index in [4.69, 9.17) is 4.42 Å². The Morgan fingerprint density at radius 1 is 1.21 bits per heavy atom. The van der Waals surface area contributed by atoms with Gasteiger partial charge in [0.05, 0.1) is 6.54 Å². The summed E-state index contributed by atoms with van der Waals surface area (Å²) in [5.74, 6) is 2.05. The lowest BCUT2D eigenvalue weighted by Gasteiger charge is -2.35. The lowest BCUT2D eigenvalue weighted by atomic mass is 9.81. The summed E-state index contributed by atoms with van der Waals surface area (Å²) in [6.45, 7) is 12.9. The van der Waals surface area contributed by atoms with Gasteiger partial charge in [-0.15, -0.1) is 0 Å². The molecule has 0 unspecified atom stereocenters. The first-order valence-corrected chi connectivity index (χ1v) is 7.49. The first-order chi connectivity index (χ1) is 9.05. The fraction of sp³-hybridized carbons (Fsp3) is 0.750. The average molecular weight is 266 g/mol. The first-order valence-electron chi connectivity index (χ1n) is 7.49. The minimum absolute atomic E-state index is 0.367. The second kappa shape index (κ2) is 7.71. The van der Waals surface area contributed by atoms with Crippen LogP contribution in [-0.4, -0.2) is 31.6 Å². The number of rotatable bonds is 9. The number of hydrogen-bond acceptors (Lipinski definition) is 3. The molecule has 0 spiro atoms. The van der Waals surface area contributed by atoms with E-state index in [-0.39, 0.29) is 0 Å². The Balaban J connectivity index is 2.57. The van der Waals surface area contributed by atoms with Gasteiger partial charge in [-0.05, 0) is 50.9 Å². The standard InChI is InChI=1S/C16H30N2O/c1-6-16(7-2,12-17-8-3)13-18(5)11-15-10-9-14(4)19-15/h9-10,17H,6-8,11-13H2,1-5H3. The van der Waals surface area contributed by atoms with Crippen LogP contribution >= 0.6 is 0 Å². The Labute approximate surface area is 118 Å². The molecule has 19 heavy (non-hydrogen) atoms. The first kappa shape index (κ1) is 16.3. The van der Waals surface area contributed by atoms with E-state index in [1.165, 1.54) is 12.8 Å². The molecule has 1 aromatic heterocycles. The number of aryl methyl sites for hydroxylation is 1. The van der Waals surface area contributed by atoms with Gasteiger partial charge in [-0.3, -0.25) is 4.90 Å². The number of nitrogens with one attached hydrogen (secondary N) is 1. The zero-order chi connectivity index (χ0) is 14.3. The molecule has 0 aliphatic rings. The Hall–Kier alpha value is -0.800. The topological polar surface area (TPSA) is 28.4 Å². The summed E-state index contributed by atoms with van der Waals surface area (Å²) < 4.78 is 5.66. The lowest BCUT2D eigenvalue weighted by molar-refractivity contribution is 0.145. The van der Waals surface area contributed by atoms with Gasteiger partial charge in [0.2, 0.25) is 0 Å². The van der Waals surface area contributed by atoms with Crippen molar-refractivity contribution in [2.75, 3.05) is 26.7 Å². The predicted molar refractivity (Wildman–Crippen MR) is 81.3 cm³/mol. The smallest absolute Gasteiger partial charge is 0.118 e. The molecule has 0 aromatic carbocycles. The third-order valence-electron chi connectivity index (χ3n) is 4.08. The second-order valence-electron chi connectivity index (χ2n) is 5.67. The zero-order valence-corrected chi connectivity index (χ0v) is 13.3. The van der Waals surface area contributed by atoms with E-state index in [0.29, 0.717) is 5.41 Å². The van der Waals surface area contributed by atoms with Crippen molar-refractivity contribution in [3.8, 4) is 0 Å². The van der Waals surface area contributed by atoms with Crippen molar-refractivity contribution >= 4 is 0 Å². The third kappa shape index (κ3) is 5.00. The molecule has 0 aliphatic carbocycles. The lowest BCUT2D eigenvalue weighted by Crippen LogP contribution is -2.42. The van der Waals surface area contributed by atoms with Crippen LogP contribution in [0.3, 0.4) is 0 Å². The zero-order valence-electron chi connectivity index (χ0n) is 13.3. The van der Waals surface area contributed by atoms with Crippen LogP contribution in [0.5, 0.6) is 0 Å². The van der Waals surface area contributed by atoms with E-state index in [0.717, 1.165) is 37.7 Å². The highest BCUT2D eigenvalue weighted by atomic mass is 16.3. The molecule has 0 atom stereocenters. The molecule has 1 rings (SSSR count). The van der Waals surface area contributed by atoms with E-state index in [1.807, 2.05) is 13.0 Å². The third-order valence-corrected chi connectivity index (χ3v) is 4.08. The van der Waals surface area contributed by atoms with Crippen LogP contribution in [0, 0.1) is 12.3 Å². The van der Waals surface area contributed by atoms with Gasteiger partial charge >= 0.3 is 0 Å². The van der Waals surface area contributed by atoms with E-state index in [2.05, 4.69) is 44.1 Å². The molecule has 0 amide bonds. The molecular weight excluding hydrogens is 236 g/mol. The SMILES string of the molecule is CCNCC(CC)(CC)CN(C)Cc1ccc(C)o1. The molecule has 0 fully saturated rings. The fourth-order valence-corrected chi connectivity index (χ4v) is 2.63. The highest BCUT2D eigenvalue weighted by Crippen LogP contribution is 2.27. The number of nitrogens with zero attached hydrogens (tertiary/aromatic N) is 1. The molecular formula is C16H30N2O. The highest BCUT2D eigenvalue weighted by molar-refractivity contribution is 5.05. The summed E-state index contributed by atoms with van der Waals surface area (Å²) in [6.07, 6.45) is 2.41. The van der Waals surface area contributed by atoms with Crippen molar-refractivity contribution in [2.45, 2.75) is 47.1 Å². The molecule has 110 valence electrons. The Bertz CT molecular complexity index is 355. The van der Waals surface area contributed by atoms with Gasteiger partial charge in [0.1, 0.15) is 11.5 Å². The number of furan rings is 1. The predicted octanol–water partition coefficient (Wildman–Crippen LogP) is 3.44. The molecule has 1 N–H and O–H groups in total. The van der Waals surface area contributed by atoms with Crippen LogP contribution in [0.1, 0.15) is 45.1 Å². The van der Waals surface area contributed by atoms with Gasteiger partial charge in [-0.1, -0.05) is 20.8 Å². The van der Waals surface area contributed by atoms with Gasteiger partial charge < -0.3 is 9.73 Å². The van der Waals surface area contributed by atoms with Gasteiger partial charge in [0.25, 0.3) is 0 Å². The van der Waals surface area contributed by atoms with Crippen molar-refractivity contribution in [1.29, 1.82) is 0 Å². The van der Waals surface area contributed by atoms with Crippen molar-refractivity contribution in [3.05, 3.63) is 23.7 Å². The molecule has 3 heteroatoms. The summed E-state index contributed by atoms with van der Waals surface area (Å²) in [4.78, 5) is 2.38. The Kier molecular flexibility index (Phi) is 6.59. The molecule has 1 heterocycles. The quantitative estimate of drug-likeness (QED) is 0.742. The summed E-state index contributed by atoms with van der Waals surface area (Å²) >= 11 is 0. The minimum Gasteiger partial charge on any atom is -0.465 e. The van der Waals surface area contributed by atoms with Crippen molar-refractivity contribution in [2.24, 2.45) is 5.41 Å². The monoisotopic (exact) mass is 266 g/mol. The summed E-state index contributed by atoms with van der Waals surface area (Å²) in [6, 6.07) is 4.12. The van der Waals surface area contributed by atoms with Crippen LogP contribution in [0.2, 0.25) is 0 Å². The van der Waals surface area contributed by atoms with E-state index in [9.17, 15) is 0 Å². The van der Waals surface area contributed by atoms with E-state index < -0.39 is 0 Å². The van der Waals surface area contributed by atoms with Crippen LogP contribution in [0.4, 0.5) is 0 Å². The van der Waals surface area contributed by atoms with Crippen molar-refractivity contribution < 1.29 is 4.42 Å². The van der Waals surface area contributed by atoms with Crippen LogP contribution in [-0.2, 0) is 6.54 Å². The normalized spacial score (nSPS) is 12.3. The molecule has 0 radical (unpaired) electrons. The van der Waals surface area contributed by atoms with Crippen LogP contribution in [0.25, 0.3) is 0 Å². The second-order valence-corrected chi connectivity index (χ2v) is 5.67. The largest absolute Gasteiger partial charge is 0.465 e. The molecule has 0 saturated heterocycles. The maximum Gasteiger partial charge on any atom is 0.118 e. The maximum atomic E-state index is 5.66. The summed E-state index contributed by atoms with van der Waals surface area (Å²) in [5, 5.41) is 3.51. The average Bonchev–Trinajstić information content (AvgIpc) is 2.80. The maximum absolute atomic E-state index is 5.66. The highest BCUT2D eigenvalue weighted by Gasteiger charge is 2.27. The van der Waals surface area contributed by atoms with Gasteiger partial charge in [0, 0.05) is 13.1 Å². The van der Waals surface area contributed by atoms with Gasteiger partial charge in [-0.2, -0.15) is 0 Å². The molecule has 3 nitrogen and oxygen atoms in total. The minimum atomic E-state index is 0.367. The van der Waals surface area contributed by atoms with Gasteiger partial charge in [-0.25, -0.2) is 0 Å². The molecule has 0 saturated carbocycles. The molecule has 0 aliphatic heterocycles. The van der Waals surface area contributed by atoms with Crippen molar-refractivity contribution in [3.63, 3.8) is 0 Å². The molecule has 0 bridgehead atoms. The summed E-state index contributed by atoms with van der Waals surface area (Å²) in [7, 11) is 2.18. The van der Waals surface area contributed by atoms with Crippen molar-refractivity contribution in [1.82, 2.24) is 10.2 Å². The van der Waals surface area contributed by atoms with E-state index in [1.54, 1.807) is 0 Å². The van der Waals surface area contributed by atoms with Crippen LogP contribution in [0.15, 0.2) is 16.5 Å². The Morgan fingerprint density at radius 3 is 2.37 bits per heavy atom. The fourth-order valence-electron chi connectivity index (χ4n) is 2.63. The van der Waals surface area contributed by atoms with Crippen LogP contribution < -0.4 is 5.32 Å². The van der Waals surface area contributed by atoms with Gasteiger partial charge in [0.15, 0.2) is 0 Å². The summed E-state index contributed by atoms with van der Waals surface area (Å²) in [5.41, 5.74) is 0.367. The van der Waals surface area contributed by atoms with E-state index >= 15 is 0 Å².